The fourth-order valence-electron chi connectivity index (χ4n) is 2.35. The summed E-state index contributed by atoms with van der Waals surface area (Å²) in [4.78, 5) is 12.6. The third kappa shape index (κ3) is 17.1. The molecule has 0 fully saturated rings. The van der Waals surface area contributed by atoms with Crippen molar-refractivity contribution >= 4 is 30.1 Å². The molecule has 0 heterocycles. The number of unbranched alkanes of at least 4 members (excludes halogenated alkanes) is 2. The Labute approximate surface area is 176 Å². The maximum absolute atomic E-state index is 10.2. The molecule has 0 radical (unpaired) electrons. The van der Waals surface area contributed by atoms with Gasteiger partial charge in [0.1, 0.15) is 0 Å². The highest BCUT2D eigenvalue weighted by molar-refractivity contribution is 7.99. The summed E-state index contributed by atoms with van der Waals surface area (Å²) in [7, 11) is 0. The minimum atomic E-state index is -0.879. The molecule has 0 bridgehead atoms. The number of carboxylic acids is 1. The maximum atomic E-state index is 10.2. The Balaban J connectivity index is 0. The van der Waals surface area contributed by atoms with Crippen LogP contribution in [0.1, 0.15) is 63.2 Å². The van der Waals surface area contributed by atoms with Crippen molar-refractivity contribution in [2.75, 3.05) is 31.1 Å². The van der Waals surface area contributed by atoms with Gasteiger partial charge in [0.25, 0.3) is 0 Å². The first-order valence-corrected chi connectivity index (χ1v) is 11.0. The van der Waals surface area contributed by atoms with Crippen molar-refractivity contribution in [2.45, 2.75) is 59.0 Å². The molecule has 1 unspecified atom stereocenters. The number of carboxylic acid groups (broad SMARTS) is 1. The number of aliphatic hydroxyl groups is 1. The van der Waals surface area contributed by atoms with Gasteiger partial charge in [0.2, 0.25) is 0 Å². The summed E-state index contributed by atoms with van der Waals surface area (Å²) in [5.41, 5.74) is 0.331. The summed E-state index contributed by atoms with van der Waals surface area (Å²) in [6.07, 6.45) is 6.02. The second kappa shape index (κ2) is 20.0. The predicted octanol–water partition coefficient (Wildman–Crippen LogP) is 5.20. The van der Waals surface area contributed by atoms with Gasteiger partial charge in [0.05, 0.1) is 11.7 Å². The van der Waals surface area contributed by atoms with Gasteiger partial charge < -0.3 is 15.1 Å². The Morgan fingerprint density at radius 2 is 1.59 bits per heavy atom. The van der Waals surface area contributed by atoms with Crippen molar-refractivity contribution in [1.82, 2.24) is 4.90 Å². The first-order valence-electron chi connectivity index (χ1n) is 9.81. The topological polar surface area (TPSA) is 60.8 Å². The third-order valence-corrected chi connectivity index (χ3v) is 5.12. The smallest absolute Gasteiger partial charge is 0.335 e. The van der Waals surface area contributed by atoms with Crippen molar-refractivity contribution in [3.05, 3.63) is 35.9 Å². The molecule has 0 spiro atoms. The highest BCUT2D eigenvalue weighted by Gasteiger charge is 2.10. The molecule has 0 amide bonds. The lowest BCUT2D eigenvalue weighted by Crippen LogP contribution is -2.35. The van der Waals surface area contributed by atoms with Crippen LogP contribution in [0.2, 0.25) is 0 Å². The van der Waals surface area contributed by atoms with Crippen LogP contribution < -0.4 is 0 Å². The van der Waals surface area contributed by atoms with Gasteiger partial charge in [0.15, 0.2) is 0 Å². The Hall–Kier alpha value is -0.750. The average Bonchev–Trinajstić information content (AvgIpc) is 2.65. The van der Waals surface area contributed by atoms with Gasteiger partial charge >= 0.3 is 5.97 Å². The molecular weight excluding hydrogens is 382 g/mol. The van der Waals surface area contributed by atoms with Crippen LogP contribution >= 0.6 is 24.2 Å². The van der Waals surface area contributed by atoms with Gasteiger partial charge in [-0.05, 0) is 50.2 Å². The van der Waals surface area contributed by atoms with Crippen molar-refractivity contribution in [3.8, 4) is 0 Å². The number of aliphatic hydroxyl groups excluding tert-OH is 1. The van der Waals surface area contributed by atoms with Crippen molar-refractivity contribution in [1.29, 1.82) is 0 Å². The average molecular weight is 420 g/mol. The summed E-state index contributed by atoms with van der Waals surface area (Å²) in [6, 6.07) is 8.30. The van der Waals surface area contributed by atoms with E-state index in [1.165, 1.54) is 37.9 Å². The van der Waals surface area contributed by atoms with E-state index in [1.807, 2.05) is 11.8 Å². The Morgan fingerprint density at radius 1 is 1.04 bits per heavy atom. The number of carbonyl (C=O) groups is 1. The molecule has 0 aliphatic heterocycles. The number of halogens is 1. The molecule has 2 N–H and O–H groups in total. The molecule has 158 valence electrons. The summed E-state index contributed by atoms with van der Waals surface area (Å²) in [5, 5.41) is 18.4. The normalized spacial score (nSPS) is 11.3. The number of rotatable bonds is 13. The number of benzene rings is 1. The monoisotopic (exact) mass is 419 g/mol. The fourth-order valence-corrected chi connectivity index (χ4v) is 3.19. The molecule has 1 atom stereocenters. The van der Waals surface area contributed by atoms with Gasteiger partial charge in [-0.15, -0.1) is 12.4 Å². The van der Waals surface area contributed by atoms with Crippen molar-refractivity contribution in [3.63, 3.8) is 0 Å². The zero-order valence-corrected chi connectivity index (χ0v) is 18.7. The molecule has 0 aliphatic carbocycles. The van der Waals surface area contributed by atoms with Crippen LogP contribution in [0, 0.1) is 0 Å². The molecule has 4 nitrogen and oxygen atoms in total. The summed E-state index contributed by atoms with van der Waals surface area (Å²) in [6.45, 7) is 9.79. The summed E-state index contributed by atoms with van der Waals surface area (Å²) in [5.74, 6) is 1.18. The molecule has 0 aromatic heterocycles. The fraction of sp³-hybridized carbons (Fsp3) is 0.667. The highest BCUT2D eigenvalue weighted by atomic mass is 35.5. The third-order valence-electron chi connectivity index (χ3n) is 3.80. The van der Waals surface area contributed by atoms with Crippen LogP contribution in [-0.2, 0) is 0 Å². The van der Waals surface area contributed by atoms with Crippen molar-refractivity contribution < 1.29 is 15.0 Å². The Morgan fingerprint density at radius 3 is 2.00 bits per heavy atom. The highest BCUT2D eigenvalue weighted by Crippen LogP contribution is 2.07. The lowest BCUT2D eigenvalue weighted by atomic mass is 10.2. The standard InChI is InChI=1S/C14H31NOS.C7H6O2.ClH/c1-4-7-9-15(10-8-5-2)12-14(16)13-17-11-6-3;8-7(9)6-4-2-1-3-5-6;/h14,16H,4-13H2,1-3H3;1-5H,(H,8,9);1H. The molecule has 0 saturated carbocycles. The van der Waals surface area contributed by atoms with Crippen LogP contribution in [0.25, 0.3) is 0 Å². The second-order valence-electron chi connectivity index (χ2n) is 6.41. The number of hydrogen-bond acceptors (Lipinski definition) is 4. The Kier molecular flexibility index (Phi) is 21.1. The van der Waals surface area contributed by atoms with E-state index < -0.39 is 5.97 Å². The molecule has 0 aliphatic rings. The second-order valence-corrected chi connectivity index (χ2v) is 7.56. The van der Waals surface area contributed by atoms with Gasteiger partial charge in [-0.3, -0.25) is 0 Å². The molecule has 1 aromatic carbocycles. The Bertz CT molecular complexity index is 440. The van der Waals surface area contributed by atoms with E-state index in [0.29, 0.717) is 5.56 Å². The van der Waals surface area contributed by atoms with Crippen molar-refractivity contribution in [2.24, 2.45) is 0 Å². The molecule has 27 heavy (non-hydrogen) atoms. The van der Waals surface area contributed by atoms with Crippen LogP contribution in [0.3, 0.4) is 0 Å². The largest absolute Gasteiger partial charge is 0.478 e. The first-order chi connectivity index (χ1) is 12.5. The number of nitrogens with zero attached hydrogens (tertiary/aromatic N) is 1. The van der Waals surface area contributed by atoms with E-state index in [-0.39, 0.29) is 18.5 Å². The zero-order chi connectivity index (χ0) is 19.6. The molecule has 1 rings (SSSR count). The number of thioether (sulfide) groups is 1. The van der Waals surface area contributed by atoms with Crippen LogP contribution in [-0.4, -0.2) is 58.3 Å². The SMILES string of the molecule is CCCCN(CCCC)CC(O)CSCCC.Cl.O=C(O)c1ccccc1. The van der Waals surface area contributed by atoms with E-state index in [0.717, 1.165) is 25.4 Å². The minimum Gasteiger partial charge on any atom is -0.478 e. The molecular formula is C21H38ClNO3S. The molecule has 1 aromatic rings. The van der Waals surface area contributed by atoms with Crippen LogP contribution in [0.4, 0.5) is 0 Å². The maximum Gasteiger partial charge on any atom is 0.335 e. The van der Waals surface area contributed by atoms with Crippen LogP contribution in [0.5, 0.6) is 0 Å². The predicted molar refractivity (Wildman–Crippen MR) is 121 cm³/mol. The quantitative estimate of drug-likeness (QED) is 0.430. The van der Waals surface area contributed by atoms with Gasteiger partial charge in [0, 0.05) is 12.3 Å². The molecule has 6 heteroatoms. The zero-order valence-electron chi connectivity index (χ0n) is 17.1. The van der Waals surface area contributed by atoms with Gasteiger partial charge in [-0.2, -0.15) is 11.8 Å². The van der Waals surface area contributed by atoms with Gasteiger partial charge in [-0.1, -0.05) is 51.8 Å². The summed E-state index contributed by atoms with van der Waals surface area (Å²) >= 11 is 1.87. The summed E-state index contributed by atoms with van der Waals surface area (Å²) < 4.78 is 0. The first kappa shape index (κ1) is 28.5. The van der Waals surface area contributed by atoms with E-state index in [4.69, 9.17) is 5.11 Å². The number of aromatic carboxylic acids is 1. The molecule has 0 saturated heterocycles. The lowest BCUT2D eigenvalue weighted by molar-refractivity contribution is 0.0697. The van der Waals surface area contributed by atoms with E-state index in [1.54, 1.807) is 30.3 Å². The number of hydrogen-bond donors (Lipinski definition) is 2. The lowest BCUT2D eigenvalue weighted by Gasteiger charge is -2.24. The van der Waals surface area contributed by atoms with E-state index in [9.17, 15) is 9.90 Å². The van der Waals surface area contributed by atoms with Crippen LogP contribution in [0.15, 0.2) is 30.3 Å². The van der Waals surface area contributed by atoms with E-state index in [2.05, 4.69) is 25.7 Å². The van der Waals surface area contributed by atoms with E-state index >= 15 is 0 Å². The minimum absolute atomic E-state index is 0. The van der Waals surface area contributed by atoms with Gasteiger partial charge in [-0.25, -0.2) is 4.79 Å².